The molecule has 8 heteroatoms. The monoisotopic (exact) mass is 375 g/mol. The lowest BCUT2D eigenvalue weighted by Gasteiger charge is -2.27. The third kappa shape index (κ3) is 6.39. The molecule has 3 N–H and O–H groups in total. The van der Waals surface area contributed by atoms with E-state index in [-0.39, 0.29) is 24.4 Å². The number of urea groups is 1. The Bertz CT molecular complexity index is 610. The summed E-state index contributed by atoms with van der Waals surface area (Å²) in [6.45, 7) is 3.38. The van der Waals surface area contributed by atoms with Crippen LogP contribution in [-0.2, 0) is 9.53 Å². The zero-order valence-corrected chi connectivity index (χ0v) is 15.7. The van der Waals surface area contributed by atoms with E-state index in [1.807, 2.05) is 12.1 Å². The molecule has 0 atom stereocenters. The van der Waals surface area contributed by atoms with Gasteiger partial charge in [0.1, 0.15) is 5.82 Å². The summed E-state index contributed by atoms with van der Waals surface area (Å²) in [6.07, 6.45) is 7.57. The minimum Gasteiger partial charge on any atom is -0.378 e. The average Bonchev–Trinajstić information content (AvgIpc) is 2.70. The molecule has 148 valence electrons. The van der Waals surface area contributed by atoms with Crippen LogP contribution in [0.25, 0.3) is 0 Å². The number of aromatic nitrogens is 1. The van der Waals surface area contributed by atoms with Gasteiger partial charge in [0, 0.05) is 32.1 Å². The predicted molar refractivity (Wildman–Crippen MR) is 104 cm³/mol. The molecule has 0 spiro atoms. The summed E-state index contributed by atoms with van der Waals surface area (Å²) in [5.74, 6) is 0.742. The fourth-order valence-electron chi connectivity index (χ4n) is 3.44. The van der Waals surface area contributed by atoms with Gasteiger partial charge in [0.05, 0.1) is 25.1 Å². The number of anilines is 2. The fourth-order valence-corrected chi connectivity index (χ4v) is 3.44. The molecule has 3 rings (SSSR count). The van der Waals surface area contributed by atoms with Crippen molar-refractivity contribution in [2.75, 3.05) is 43.1 Å². The minimum absolute atomic E-state index is 0.145. The Balaban J connectivity index is 1.34. The summed E-state index contributed by atoms with van der Waals surface area (Å²) in [5, 5.41) is 8.54. The third-order valence-corrected chi connectivity index (χ3v) is 4.94. The molecular weight excluding hydrogens is 346 g/mol. The zero-order valence-electron chi connectivity index (χ0n) is 15.7. The lowest BCUT2D eigenvalue weighted by Crippen LogP contribution is -2.43. The van der Waals surface area contributed by atoms with Crippen LogP contribution in [0.5, 0.6) is 0 Å². The fraction of sp³-hybridized carbons (Fsp3) is 0.632. The lowest BCUT2D eigenvalue weighted by molar-refractivity contribution is -0.116. The van der Waals surface area contributed by atoms with Crippen molar-refractivity contribution in [2.45, 2.75) is 44.6 Å². The van der Waals surface area contributed by atoms with E-state index in [1.54, 1.807) is 6.20 Å². The van der Waals surface area contributed by atoms with Crippen LogP contribution >= 0.6 is 0 Å². The van der Waals surface area contributed by atoms with Gasteiger partial charge in [-0.15, -0.1) is 0 Å². The van der Waals surface area contributed by atoms with Crippen molar-refractivity contribution >= 4 is 23.4 Å². The summed E-state index contributed by atoms with van der Waals surface area (Å²) >= 11 is 0. The van der Waals surface area contributed by atoms with Gasteiger partial charge in [-0.25, -0.2) is 9.78 Å². The molecule has 1 saturated heterocycles. The van der Waals surface area contributed by atoms with Crippen LogP contribution in [0, 0.1) is 0 Å². The first-order valence-corrected chi connectivity index (χ1v) is 9.84. The number of carbonyl (C=O) groups excluding carboxylic acids is 2. The van der Waals surface area contributed by atoms with Gasteiger partial charge in [0.25, 0.3) is 0 Å². The molecule has 8 nitrogen and oxygen atoms in total. The number of ether oxygens (including phenoxy) is 1. The summed E-state index contributed by atoms with van der Waals surface area (Å²) in [6, 6.07) is 3.82. The van der Waals surface area contributed by atoms with Crippen molar-refractivity contribution in [1.29, 1.82) is 0 Å². The summed E-state index contributed by atoms with van der Waals surface area (Å²) in [7, 11) is 0. The molecule has 1 aromatic rings. The van der Waals surface area contributed by atoms with Gasteiger partial charge < -0.3 is 25.6 Å². The Morgan fingerprint density at radius 3 is 2.63 bits per heavy atom. The molecule has 0 unspecified atom stereocenters. The molecule has 2 fully saturated rings. The Morgan fingerprint density at radius 2 is 1.93 bits per heavy atom. The largest absolute Gasteiger partial charge is 0.378 e. The van der Waals surface area contributed by atoms with E-state index >= 15 is 0 Å². The molecule has 0 bridgehead atoms. The highest BCUT2D eigenvalue weighted by Gasteiger charge is 2.15. The maximum absolute atomic E-state index is 12.0. The van der Waals surface area contributed by atoms with Gasteiger partial charge in [0.15, 0.2) is 0 Å². The number of amides is 3. The van der Waals surface area contributed by atoms with Gasteiger partial charge in [-0.2, -0.15) is 0 Å². The first kappa shape index (κ1) is 19.4. The van der Waals surface area contributed by atoms with E-state index in [0.717, 1.165) is 31.7 Å². The topological polar surface area (TPSA) is 95.6 Å². The normalized spacial score (nSPS) is 18.0. The van der Waals surface area contributed by atoms with Crippen molar-refractivity contribution in [1.82, 2.24) is 15.6 Å². The Labute approximate surface area is 160 Å². The number of nitrogens with one attached hydrogen (secondary N) is 3. The number of hydrogen-bond acceptors (Lipinski definition) is 5. The lowest BCUT2D eigenvalue weighted by atomic mass is 9.96. The van der Waals surface area contributed by atoms with Gasteiger partial charge >= 0.3 is 6.03 Å². The number of rotatable bonds is 6. The zero-order chi connectivity index (χ0) is 18.9. The second-order valence-corrected chi connectivity index (χ2v) is 7.04. The second kappa shape index (κ2) is 10.1. The van der Waals surface area contributed by atoms with E-state index in [1.165, 1.54) is 19.3 Å². The van der Waals surface area contributed by atoms with Crippen molar-refractivity contribution < 1.29 is 14.3 Å². The quantitative estimate of drug-likeness (QED) is 0.706. The molecule has 3 amide bonds. The van der Waals surface area contributed by atoms with Crippen LogP contribution in [0.3, 0.4) is 0 Å². The van der Waals surface area contributed by atoms with Crippen LogP contribution in [0.4, 0.5) is 16.3 Å². The molecular formula is C19H29N5O3. The molecule has 2 heterocycles. The number of pyridine rings is 1. The van der Waals surface area contributed by atoms with E-state index in [0.29, 0.717) is 25.4 Å². The smallest absolute Gasteiger partial charge is 0.315 e. The SMILES string of the molecule is O=C(CCNC(=O)NC1CCCCC1)Nc1ccc(N2CCOCC2)nc1. The van der Waals surface area contributed by atoms with Crippen molar-refractivity contribution in [2.24, 2.45) is 0 Å². The maximum Gasteiger partial charge on any atom is 0.315 e. The third-order valence-electron chi connectivity index (χ3n) is 4.94. The number of carbonyl (C=O) groups is 2. The van der Waals surface area contributed by atoms with Gasteiger partial charge in [-0.1, -0.05) is 19.3 Å². The van der Waals surface area contributed by atoms with Crippen LogP contribution in [0.2, 0.25) is 0 Å². The molecule has 1 aliphatic heterocycles. The molecule has 1 saturated carbocycles. The first-order valence-electron chi connectivity index (χ1n) is 9.84. The molecule has 27 heavy (non-hydrogen) atoms. The Morgan fingerprint density at radius 1 is 1.15 bits per heavy atom. The van der Waals surface area contributed by atoms with E-state index < -0.39 is 0 Å². The van der Waals surface area contributed by atoms with Crippen LogP contribution in [0.15, 0.2) is 18.3 Å². The minimum atomic E-state index is -0.189. The van der Waals surface area contributed by atoms with E-state index in [9.17, 15) is 9.59 Å². The van der Waals surface area contributed by atoms with Crippen LogP contribution in [0.1, 0.15) is 38.5 Å². The highest BCUT2D eigenvalue weighted by Crippen LogP contribution is 2.17. The highest BCUT2D eigenvalue weighted by atomic mass is 16.5. The van der Waals surface area contributed by atoms with E-state index in [2.05, 4.69) is 25.8 Å². The first-order chi connectivity index (χ1) is 13.2. The Hall–Kier alpha value is -2.35. The number of morpholine rings is 1. The van der Waals surface area contributed by atoms with Gasteiger partial charge in [-0.05, 0) is 25.0 Å². The molecule has 0 radical (unpaired) electrons. The number of nitrogens with zero attached hydrogens (tertiary/aromatic N) is 2. The summed E-state index contributed by atoms with van der Waals surface area (Å²) in [4.78, 5) is 30.5. The van der Waals surface area contributed by atoms with Gasteiger partial charge in [-0.3, -0.25) is 4.79 Å². The predicted octanol–water partition coefficient (Wildman–Crippen LogP) is 1.88. The summed E-state index contributed by atoms with van der Waals surface area (Å²) < 4.78 is 5.33. The van der Waals surface area contributed by atoms with Crippen LogP contribution in [-0.4, -0.2) is 55.8 Å². The average molecular weight is 375 g/mol. The molecule has 2 aliphatic rings. The molecule has 0 aromatic carbocycles. The van der Waals surface area contributed by atoms with Crippen molar-refractivity contribution in [3.63, 3.8) is 0 Å². The highest BCUT2D eigenvalue weighted by molar-refractivity contribution is 5.91. The summed E-state index contributed by atoms with van der Waals surface area (Å²) in [5.41, 5.74) is 0.656. The van der Waals surface area contributed by atoms with Crippen LogP contribution < -0.4 is 20.9 Å². The Kier molecular flexibility index (Phi) is 7.27. The second-order valence-electron chi connectivity index (χ2n) is 7.04. The standard InChI is InChI=1S/C19H29N5O3/c25-18(8-9-20-19(26)23-15-4-2-1-3-5-15)22-16-6-7-17(21-14-16)24-10-12-27-13-11-24/h6-7,14-15H,1-5,8-13H2,(H,22,25)(H2,20,23,26). The van der Waals surface area contributed by atoms with Gasteiger partial charge in [0.2, 0.25) is 5.91 Å². The van der Waals surface area contributed by atoms with E-state index in [4.69, 9.17) is 4.74 Å². The number of hydrogen-bond donors (Lipinski definition) is 3. The molecule has 1 aliphatic carbocycles. The maximum atomic E-state index is 12.0. The molecule has 1 aromatic heterocycles. The van der Waals surface area contributed by atoms with Crippen molar-refractivity contribution in [3.8, 4) is 0 Å². The van der Waals surface area contributed by atoms with Crippen molar-refractivity contribution in [3.05, 3.63) is 18.3 Å².